The maximum Gasteiger partial charge on any atom is 0.190 e. The molecule has 1 atom stereocenters. The first-order valence-electron chi connectivity index (χ1n) is 3.05. The summed E-state index contributed by atoms with van der Waals surface area (Å²) in [4.78, 5) is 1.36. The molecule has 0 heterocycles. The molecule has 1 N–H and O–H groups in total. The van der Waals surface area contributed by atoms with Crippen LogP contribution in [0.5, 0.6) is 0 Å². The third kappa shape index (κ3) is 2.28. The molecule has 2 heteroatoms. The normalized spacial score (nSPS) is 14.6. The van der Waals surface area contributed by atoms with E-state index < -0.39 is 0 Å². The summed E-state index contributed by atoms with van der Waals surface area (Å²) in [6.45, 7) is 2.13. The van der Waals surface area contributed by atoms with E-state index in [2.05, 4.69) is 21.0 Å². The Hall–Kier alpha value is -0.0800. The number of methoxy groups -OCH3 is 1. The first-order chi connectivity index (χ1) is 3.72. The van der Waals surface area contributed by atoms with Crippen molar-refractivity contribution in [3.8, 4) is 0 Å². The van der Waals surface area contributed by atoms with E-state index in [0.29, 0.717) is 6.23 Å². The van der Waals surface area contributed by atoms with Gasteiger partial charge in [-0.05, 0) is 0 Å². The molecular formula is C6H16NO+. The minimum atomic E-state index is 0.370. The SMILES string of the molecule is CCC(OC)[NH+](C)C. The maximum atomic E-state index is 5.12. The highest BCUT2D eigenvalue weighted by Crippen LogP contribution is 1.82. The van der Waals surface area contributed by atoms with Gasteiger partial charge in [0.1, 0.15) is 0 Å². The van der Waals surface area contributed by atoms with Gasteiger partial charge in [0.25, 0.3) is 0 Å². The van der Waals surface area contributed by atoms with Crippen LogP contribution in [0.2, 0.25) is 0 Å². The number of quaternary nitrogens is 1. The first kappa shape index (κ1) is 7.92. The molecule has 2 nitrogen and oxygen atoms in total. The summed E-state index contributed by atoms with van der Waals surface area (Å²) in [6, 6.07) is 0. The molecule has 0 amide bonds. The lowest BCUT2D eigenvalue weighted by atomic mass is 10.4. The zero-order valence-electron chi connectivity index (χ0n) is 6.19. The van der Waals surface area contributed by atoms with Crippen molar-refractivity contribution in [3.05, 3.63) is 0 Å². The smallest absolute Gasteiger partial charge is 0.190 e. The van der Waals surface area contributed by atoms with Crippen molar-refractivity contribution >= 4 is 0 Å². The Kier molecular flexibility index (Phi) is 3.83. The van der Waals surface area contributed by atoms with Crippen LogP contribution in [0, 0.1) is 0 Å². The van der Waals surface area contributed by atoms with E-state index in [-0.39, 0.29) is 0 Å². The van der Waals surface area contributed by atoms with E-state index in [4.69, 9.17) is 4.74 Å². The van der Waals surface area contributed by atoms with Crippen molar-refractivity contribution in [3.63, 3.8) is 0 Å². The topological polar surface area (TPSA) is 13.7 Å². The number of nitrogens with one attached hydrogen (secondary N) is 1. The molecule has 0 saturated heterocycles. The van der Waals surface area contributed by atoms with Crippen LogP contribution in [-0.4, -0.2) is 27.4 Å². The van der Waals surface area contributed by atoms with Gasteiger partial charge in [-0.3, -0.25) is 0 Å². The van der Waals surface area contributed by atoms with Gasteiger partial charge in [-0.1, -0.05) is 6.92 Å². The van der Waals surface area contributed by atoms with Crippen LogP contribution in [0.15, 0.2) is 0 Å². The molecule has 0 saturated carbocycles. The summed E-state index contributed by atoms with van der Waals surface area (Å²) >= 11 is 0. The number of hydrogen-bond donors (Lipinski definition) is 1. The Morgan fingerprint density at radius 3 is 2.00 bits per heavy atom. The molecule has 0 aromatic rings. The fraction of sp³-hybridized carbons (Fsp3) is 1.00. The van der Waals surface area contributed by atoms with Crippen LogP contribution in [-0.2, 0) is 4.74 Å². The molecule has 0 spiro atoms. The Balaban J connectivity index is 3.35. The molecular weight excluding hydrogens is 102 g/mol. The highest BCUT2D eigenvalue weighted by molar-refractivity contribution is 4.29. The summed E-state index contributed by atoms with van der Waals surface area (Å²) in [6.07, 6.45) is 1.45. The third-order valence-electron chi connectivity index (χ3n) is 1.30. The van der Waals surface area contributed by atoms with Gasteiger partial charge in [0.2, 0.25) is 0 Å². The first-order valence-corrected chi connectivity index (χ1v) is 3.05. The number of ether oxygens (including phenoxy) is 1. The number of rotatable bonds is 3. The fourth-order valence-electron chi connectivity index (χ4n) is 0.811. The molecule has 0 aliphatic carbocycles. The van der Waals surface area contributed by atoms with Gasteiger partial charge in [0, 0.05) is 13.5 Å². The zero-order valence-corrected chi connectivity index (χ0v) is 6.19. The third-order valence-corrected chi connectivity index (χ3v) is 1.30. The summed E-state index contributed by atoms with van der Waals surface area (Å²) in [5.74, 6) is 0. The van der Waals surface area contributed by atoms with Crippen LogP contribution in [0.1, 0.15) is 13.3 Å². The molecule has 0 aromatic carbocycles. The molecule has 0 aliphatic heterocycles. The molecule has 50 valence electrons. The van der Waals surface area contributed by atoms with Crippen LogP contribution in [0.4, 0.5) is 0 Å². The van der Waals surface area contributed by atoms with E-state index in [1.54, 1.807) is 7.11 Å². The van der Waals surface area contributed by atoms with Crippen LogP contribution < -0.4 is 4.90 Å². The minimum Gasteiger partial charge on any atom is -0.333 e. The van der Waals surface area contributed by atoms with Gasteiger partial charge in [-0.25, -0.2) is 0 Å². The molecule has 0 radical (unpaired) electrons. The van der Waals surface area contributed by atoms with E-state index in [1.807, 2.05) is 0 Å². The van der Waals surface area contributed by atoms with E-state index in [0.717, 1.165) is 6.42 Å². The fourth-order valence-corrected chi connectivity index (χ4v) is 0.811. The second-order valence-corrected chi connectivity index (χ2v) is 2.21. The molecule has 0 aliphatic rings. The predicted molar refractivity (Wildman–Crippen MR) is 33.9 cm³/mol. The number of hydrogen-bond acceptors (Lipinski definition) is 1. The maximum absolute atomic E-state index is 5.12. The Labute approximate surface area is 51.4 Å². The zero-order chi connectivity index (χ0) is 6.57. The summed E-state index contributed by atoms with van der Waals surface area (Å²) in [5.41, 5.74) is 0. The van der Waals surface area contributed by atoms with Crippen LogP contribution in [0.3, 0.4) is 0 Å². The Morgan fingerprint density at radius 1 is 1.50 bits per heavy atom. The lowest BCUT2D eigenvalue weighted by molar-refractivity contribution is -0.910. The Bertz CT molecular complexity index is 50.5. The molecule has 8 heavy (non-hydrogen) atoms. The van der Waals surface area contributed by atoms with Gasteiger partial charge in [0.05, 0.1) is 14.1 Å². The summed E-state index contributed by atoms with van der Waals surface area (Å²) < 4.78 is 5.12. The van der Waals surface area contributed by atoms with Crippen molar-refractivity contribution < 1.29 is 9.64 Å². The van der Waals surface area contributed by atoms with Crippen molar-refractivity contribution in [1.82, 2.24) is 0 Å². The molecule has 0 bridgehead atoms. The van der Waals surface area contributed by atoms with Gasteiger partial charge < -0.3 is 9.64 Å². The standard InChI is InChI=1S/C6H15NO/c1-5-6(8-4)7(2)3/h6H,5H2,1-4H3/p+1. The second kappa shape index (κ2) is 3.87. The van der Waals surface area contributed by atoms with Gasteiger partial charge in [0.15, 0.2) is 6.23 Å². The highest BCUT2D eigenvalue weighted by Gasteiger charge is 2.07. The van der Waals surface area contributed by atoms with Crippen LogP contribution >= 0.6 is 0 Å². The molecule has 1 unspecified atom stereocenters. The highest BCUT2D eigenvalue weighted by atomic mass is 16.5. The molecule has 0 rings (SSSR count). The van der Waals surface area contributed by atoms with E-state index in [1.165, 1.54) is 4.90 Å². The lowest BCUT2D eigenvalue weighted by Crippen LogP contribution is -3.10. The van der Waals surface area contributed by atoms with Gasteiger partial charge >= 0.3 is 0 Å². The van der Waals surface area contributed by atoms with Crippen molar-refractivity contribution in [2.75, 3.05) is 21.2 Å². The second-order valence-electron chi connectivity index (χ2n) is 2.21. The van der Waals surface area contributed by atoms with E-state index >= 15 is 0 Å². The predicted octanol–water partition coefficient (Wildman–Crippen LogP) is -0.487. The average molecular weight is 118 g/mol. The lowest BCUT2D eigenvalue weighted by Gasteiger charge is -2.16. The minimum absolute atomic E-state index is 0.370. The quantitative estimate of drug-likeness (QED) is 0.494. The van der Waals surface area contributed by atoms with Gasteiger partial charge in [-0.2, -0.15) is 0 Å². The van der Waals surface area contributed by atoms with Crippen molar-refractivity contribution in [2.24, 2.45) is 0 Å². The van der Waals surface area contributed by atoms with Crippen LogP contribution in [0.25, 0.3) is 0 Å². The monoisotopic (exact) mass is 118 g/mol. The average Bonchev–Trinajstić information content (AvgIpc) is 1.69. The van der Waals surface area contributed by atoms with Crippen molar-refractivity contribution in [2.45, 2.75) is 19.6 Å². The summed E-state index contributed by atoms with van der Waals surface area (Å²) in [7, 11) is 5.94. The Morgan fingerprint density at radius 2 is 2.00 bits per heavy atom. The van der Waals surface area contributed by atoms with Gasteiger partial charge in [-0.15, -0.1) is 0 Å². The van der Waals surface area contributed by atoms with E-state index in [9.17, 15) is 0 Å². The largest absolute Gasteiger partial charge is 0.333 e. The molecule has 0 fully saturated rings. The van der Waals surface area contributed by atoms with Crippen molar-refractivity contribution in [1.29, 1.82) is 0 Å². The molecule has 0 aromatic heterocycles. The summed E-state index contributed by atoms with van der Waals surface area (Å²) in [5, 5.41) is 0.